The molecule has 0 aliphatic carbocycles. The number of hydrogen-bond donors (Lipinski definition) is 2. The van der Waals surface area contributed by atoms with Crippen molar-refractivity contribution in [2.45, 2.75) is 50.2 Å². The van der Waals surface area contributed by atoms with E-state index < -0.39 is 27.8 Å². The Balaban J connectivity index is 1.71. The van der Waals surface area contributed by atoms with E-state index in [1.54, 1.807) is 36.4 Å². The molecule has 3 aromatic rings. The predicted molar refractivity (Wildman–Crippen MR) is 136 cm³/mol. The SMILES string of the molecule is CC[C@@H]1CN(Cc2cc(C(CC(=O)O)c3ccc(C(=O)NC)o3)ccc2C)S(=O)(=O)c2ccccc2O1. The summed E-state index contributed by atoms with van der Waals surface area (Å²) in [6, 6.07) is 15.2. The molecule has 0 saturated heterocycles. The Labute approximate surface area is 216 Å². The lowest BCUT2D eigenvalue weighted by Gasteiger charge is -2.24. The van der Waals surface area contributed by atoms with Gasteiger partial charge < -0.3 is 19.6 Å². The second-order valence-electron chi connectivity index (χ2n) is 9.01. The highest BCUT2D eigenvalue weighted by Crippen LogP contribution is 2.34. The van der Waals surface area contributed by atoms with Crippen molar-refractivity contribution in [1.82, 2.24) is 9.62 Å². The normalized spacial score (nSPS) is 17.8. The summed E-state index contributed by atoms with van der Waals surface area (Å²) in [7, 11) is -2.36. The van der Waals surface area contributed by atoms with Gasteiger partial charge in [0.05, 0.1) is 18.9 Å². The van der Waals surface area contributed by atoms with E-state index in [4.69, 9.17) is 9.15 Å². The zero-order chi connectivity index (χ0) is 26.7. The minimum Gasteiger partial charge on any atom is -0.488 e. The maximum Gasteiger partial charge on any atom is 0.304 e. The van der Waals surface area contributed by atoms with Gasteiger partial charge in [-0.1, -0.05) is 37.3 Å². The highest BCUT2D eigenvalue weighted by atomic mass is 32.2. The molecule has 0 radical (unpaired) electrons. The van der Waals surface area contributed by atoms with E-state index >= 15 is 0 Å². The monoisotopic (exact) mass is 526 g/mol. The van der Waals surface area contributed by atoms with Gasteiger partial charge >= 0.3 is 5.97 Å². The molecule has 1 aliphatic rings. The predicted octanol–water partition coefficient (Wildman–Crippen LogP) is 3.92. The number of benzene rings is 2. The first-order valence-electron chi connectivity index (χ1n) is 12.0. The summed E-state index contributed by atoms with van der Waals surface area (Å²) in [6.07, 6.45) is 0.0595. The van der Waals surface area contributed by atoms with Crippen LogP contribution in [0.3, 0.4) is 0 Å². The van der Waals surface area contributed by atoms with Gasteiger partial charge in [0.2, 0.25) is 10.0 Å². The van der Waals surface area contributed by atoms with Crippen LogP contribution in [0.15, 0.2) is 63.9 Å². The number of hydrogen-bond acceptors (Lipinski definition) is 6. The Morgan fingerprint density at radius 2 is 1.92 bits per heavy atom. The van der Waals surface area contributed by atoms with Crippen LogP contribution in [0.25, 0.3) is 0 Å². The largest absolute Gasteiger partial charge is 0.488 e. The van der Waals surface area contributed by atoms with Gasteiger partial charge in [-0.2, -0.15) is 4.31 Å². The van der Waals surface area contributed by atoms with E-state index in [-0.39, 0.29) is 36.3 Å². The molecule has 1 aliphatic heterocycles. The fourth-order valence-corrected chi connectivity index (χ4v) is 5.99. The number of fused-ring (bicyclic) bond motifs is 1. The van der Waals surface area contributed by atoms with E-state index in [2.05, 4.69) is 5.32 Å². The van der Waals surface area contributed by atoms with Crippen molar-refractivity contribution in [3.05, 3.63) is 82.8 Å². The lowest BCUT2D eigenvalue weighted by molar-refractivity contribution is -0.137. The van der Waals surface area contributed by atoms with E-state index in [9.17, 15) is 23.1 Å². The Morgan fingerprint density at radius 3 is 2.62 bits per heavy atom. The zero-order valence-corrected chi connectivity index (χ0v) is 21.7. The van der Waals surface area contributed by atoms with E-state index in [1.165, 1.54) is 17.4 Å². The first kappa shape index (κ1) is 26.4. The van der Waals surface area contributed by atoms with Gasteiger partial charge in [-0.3, -0.25) is 9.59 Å². The van der Waals surface area contributed by atoms with Crippen molar-refractivity contribution in [3.8, 4) is 5.75 Å². The number of nitrogens with one attached hydrogen (secondary N) is 1. The van der Waals surface area contributed by atoms with Crippen LogP contribution in [0.2, 0.25) is 0 Å². The number of carboxylic acid groups (broad SMARTS) is 1. The minimum atomic E-state index is -3.84. The van der Waals surface area contributed by atoms with Crippen molar-refractivity contribution in [1.29, 1.82) is 0 Å². The average Bonchev–Trinajstić information content (AvgIpc) is 3.33. The Hall–Kier alpha value is -3.63. The van der Waals surface area contributed by atoms with Crippen LogP contribution in [0.1, 0.15) is 58.7 Å². The third-order valence-corrected chi connectivity index (χ3v) is 8.40. The molecule has 196 valence electrons. The molecule has 2 atom stereocenters. The zero-order valence-electron chi connectivity index (χ0n) is 20.9. The molecule has 2 aromatic carbocycles. The number of rotatable bonds is 8. The number of nitrogens with zero attached hydrogens (tertiary/aromatic N) is 1. The maximum atomic E-state index is 13.6. The number of aliphatic carboxylic acids is 1. The molecule has 0 spiro atoms. The second kappa shape index (κ2) is 10.8. The Bertz CT molecular complexity index is 1410. The molecule has 1 amide bonds. The molecule has 9 nitrogen and oxygen atoms in total. The number of aryl methyl sites for hydroxylation is 1. The minimum absolute atomic E-state index is 0.0835. The molecule has 10 heteroatoms. The highest BCUT2D eigenvalue weighted by Gasteiger charge is 2.34. The standard InChI is InChI=1S/C27H30N2O7S/c1-4-20-16-29(37(33,34)25-8-6-5-7-23(25)35-20)15-19-13-18(10-9-17(19)2)21(14-26(30)31)22-11-12-24(36-22)27(32)28-3/h5-13,20-21H,4,14-16H2,1-3H3,(H,28,32)(H,30,31)/t20-,21?/m1/s1. The number of carboxylic acids is 1. The van der Waals surface area contributed by atoms with E-state index in [0.717, 1.165) is 11.1 Å². The molecular formula is C27H30N2O7S. The van der Waals surface area contributed by atoms with Gasteiger partial charge in [0, 0.05) is 13.6 Å². The van der Waals surface area contributed by atoms with Gasteiger partial charge in [0.25, 0.3) is 5.91 Å². The van der Waals surface area contributed by atoms with Gasteiger partial charge in [-0.25, -0.2) is 8.42 Å². The number of carbonyl (C=O) groups excluding carboxylic acids is 1. The summed E-state index contributed by atoms with van der Waals surface area (Å²) in [5.41, 5.74) is 2.26. The Morgan fingerprint density at radius 1 is 1.16 bits per heavy atom. The van der Waals surface area contributed by atoms with Crippen LogP contribution in [-0.2, 0) is 21.4 Å². The number of sulfonamides is 1. The smallest absolute Gasteiger partial charge is 0.304 e. The third kappa shape index (κ3) is 5.55. The van der Waals surface area contributed by atoms with Crippen molar-refractivity contribution in [3.63, 3.8) is 0 Å². The van der Waals surface area contributed by atoms with Crippen LogP contribution in [0, 0.1) is 6.92 Å². The summed E-state index contributed by atoms with van der Waals surface area (Å²) >= 11 is 0. The number of ether oxygens (including phenoxy) is 1. The van der Waals surface area contributed by atoms with Crippen LogP contribution in [0.5, 0.6) is 5.75 Å². The molecule has 4 rings (SSSR count). The van der Waals surface area contributed by atoms with Crippen molar-refractivity contribution < 1.29 is 32.3 Å². The number of carbonyl (C=O) groups is 2. The number of para-hydroxylation sites is 1. The summed E-state index contributed by atoms with van der Waals surface area (Å²) < 4.78 is 40.3. The number of amides is 1. The Kier molecular flexibility index (Phi) is 7.70. The van der Waals surface area contributed by atoms with Crippen molar-refractivity contribution >= 4 is 21.9 Å². The summed E-state index contributed by atoms with van der Waals surface area (Å²) in [5, 5.41) is 12.1. The van der Waals surface area contributed by atoms with E-state index in [1.807, 2.05) is 26.0 Å². The molecule has 2 heterocycles. The lowest BCUT2D eigenvalue weighted by atomic mass is 9.90. The lowest BCUT2D eigenvalue weighted by Crippen LogP contribution is -2.36. The van der Waals surface area contributed by atoms with Crippen LogP contribution in [0.4, 0.5) is 0 Å². The molecule has 1 unspecified atom stereocenters. The molecule has 0 saturated carbocycles. The van der Waals surface area contributed by atoms with Gasteiger partial charge in [0.1, 0.15) is 22.5 Å². The van der Waals surface area contributed by atoms with E-state index in [0.29, 0.717) is 23.5 Å². The fourth-order valence-electron chi connectivity index (χ4n) is 4.41. The molecule has 37 heavy (non-hydrogen) atoms. The summed E-state index contributed by atoms with van der Waals surface area (Å²) in [4.78, 5) is 23.8. The molecule has 0 fully saturated rings. The van der Waals surface area contributed by atoms with Crippen LogP contribution in [-0.4, -0.2) is 49.4 Å². The highest BCUT2D eigenvalue weighted by molar-refractivity contribution is 7.89. The van der Waals surface area contributed by atoms with Gasteiger partial charge in [0.15, 0.2) is 5.76 Å². The third-order valence-electron chi connectivity index (χ3n) is 6.55. The quantitative estimate of drug-likeness (QED) is 0.456. The van der Waals surface area contributed by atoms with Gasteiger partial charge in [-0.15, -0.1) is 0 Å². The van der Waals surface area contributed by atoms with Crippen molar-refractivity contribution in [2.24, 2.45) is 0 Å². The molecule has 1 aromatic heterocycles. The first-order chi connectivity index (χ1) is 17.6. The molecular weight excluding hydrogens is 496 g/mol. The molecule has 0 bridgehead atoms. The van der Waals surface area contributed by atoms with Crippen molar-refractivity contribution in [2.75, 3.05) is 13.6 Å². The first-order valence-corrected chi connectivity index (χ1v) is 13.5. The second-order valence-corrected chi connectivity index (χ2v) is 10.9. The number of furan rings is 1. The van der Waals surface area contributed by atoms with Crippen LogP contribution < -0.4 is 10.1 Å². The van der Waals surface area contributed by atoms with Gasteiger partial charge in [-0.05, 0) is 54.3 Å². The summed E-state index contributed by atoms with van der Waals surface area (Å²) in [5.74, 6) is -1.34. The van der Waals surface area contributed by atoms with Crippen LogP contribution >= 0.6 is 0 Å². The molecule has 2 N–H and O–H groups in total. The fraction of sp³-hybridized carbons (Fsp3) is 0.333. The topological polar surface area (TPSA) is 126 Å². The average molecular weight is 527 g/mol. The summed E-state index contributed by atoms with van der Waals surface area (Å²) in [6.45, 7) is 4.11. The maximum absolute atomic E-state index is 13.6.